The minimum absolute atomic E-state index is 0.215. The van der Waals surface area contributed by atoms with Crippen molar-refractivity contribution < 1.29 is 14.3 Å². The number of amides is 1. The number of nitrogens with zero attached hydrogens (tertiary/aromatic N) is 4. The van der Waals surface area contributed by atoms with E-state index in [4.69, 9.17) is 14.5 Å². The topological polar surface area (TPSA) is 69.6 Å². The monoisotopic (exact) mass is 449 g/mol. The minimum Gasteiger partial charge on any atom is -0.444 e. The molecule has 0 aliphatic carbocycles. The van der Waals surface area contributed by atoms with Crippen molar-refractivity contribution in [1.82, 2.24) is 20.0 Å². The van der Waals surface area contributed by atoms with Crippen molar-refractivity contribution in [1.29, 1.82) is 0 Å². The Kier molecular flexibility index (Phi) is 6.74. The molecule has 2 saturated heterocycles. The minimum atomic E-state index is -0.471. The average Bonchev–Trinajstić information content (AvgIpc) is 3.37. The molecule has 1 amide bonds. The van der Waals surface area contributed by atoms with Crippen LogP contribution in [0.1, 0.15) is 38.6 Å². The molecule has 31 heavy (non-hydrogen) atoms. The highest BCUT2D eigenvalue weighted by molar-refractivity contribution is 7.10. The van der Waals surface area contributed by atoms with E-state index in [9.17, 15) is 4.79 Å². The van der Waals surface area contributed by atoms with Crippen molar-refractivity contribution in [3.63, 3.8) is 0 Å². The number of morpholine rings is 1. The standard InChI is InChI=1S/C22H35N5O3S/c1-16-14-25(9-10-29-16)18(19-6-5-11-31-19)13-24-20-23-12-17-15-26(7-8-27(17)20)21(28)30-22(2,3)4/h5-6,11,16-18H,7-10,12-15H2,1-4H3,(H,23,24). The Morgan fingerprint density at radius 1 is 1.35 bits per heavy atom. The normalized spacial score (nSPS) is 25.7. The smallest absolute Gasteiger partial charge is 0.410 e. The van der Waals surface area contributed by atoms with Crippen LogP contribution in [-0.2, 0) is 9.47 Å². The zero-order valence-corrected chi connectivity index (χ0v) is 19.9. The Morgan fingerprint density at radius 2 is 2.19 bits per heavy atom. The van der Waals surface area contributed by atoms with Gasteiger partial charge in [0.2, 0.25) is 0 Å². The van der Waals surface area contributed by atoms with E-state index < -0.39 is 5.60 Å². The number of carbonyl (C=O) groups excluding carboxylic acids is 1. The number of carbonyl (C=O) groups is 1. The molecule has 0 aromatic carbocycles. The molecule has 8 nitrogen and oxygen atoms in total. The van der Waals surface area contributed by atoms with Gasteiger partial charge in [-0.2, -0.15) is 0 Å². The van der Waals surface area contributed by atoms with Crippen molar-refractivity contribution in [2.45, 2.75) is 51.5 Å². The van der Waals surface area contributed by atoms with Crippen molar-refractivity contribution >= 4 is 23.4 Å². The van der Waals surface area contributed by atoms with E-state index in [1.54, 1.807) is 11.3 Å². The number of ether oxygens (including phenoxy) is 2. The fraction of sp³-hybridized carbons (Fsp3) is 0.727. The number of hydrogen-bond acceptors (Lipinski definition) is 8. The van der Waals surface area contributed by atoms with E-state index in [1.165, 1.54) is 4.88 Å². The van der Waals surface area contributed by atoms with E-state index >= 15 is 0 Å². The molecule has 2 fully saturated rings. The number of aliphatic imine (C=N–C) groups is 1. The fourth-order valence-corrected chi connectivity index (χ4v) is 5.29. The van der Waals surface area contributed by atoms with Crippen LogP contribution in [0.5, 0.6) is 0 Å². The Labute approximate surface area is 189 Å². The van der Waals surface area contributed by atoms with Crippen molar-refractivity contribution in [3.8, 4) is 0 Å². The van der Waals surface area contributed by atoms with E-state index in [2.05, 4.69) is 39.6 Å². The van der Waals surface area contributed by atoms with Crippen LogP contribution in [0.3, 0.4) is 0 Å². The van der Waals surface area contributed by atoms with E-state index in [0.717, 1.165) is 38.7 Å². The van der Waals surface area contributed by atoms with Crippen LogP contribution in [0.25, 0.3) is 0 Å². The first-order valence-corrected chi connectivity index (χ1v) is 12.1. The molecule has 3 aliphatic heterocycles. The van der Waals surface area contributed by atoms with Gasteiger partial charge in [-0.1, -0.05) is 6.07 Å². The molecule has 3 unspecified atom stereocenters. The van der Waals surface area contributed by atoms with Gasteiger partial charge < -0.3 is 24.6 Å². The summed E-state index contributed by atoms with van der Waals surface area (Å²) in [6, 6.07) is 4.86. The summed E-state index contributed by atoms with van der Waals surface area (Å²) in [5.41, 5.74) is -0.471. The van der Waals surface area contributed by atoms with Crippen LogP contribution in [0.4, 0.5) is 4.79 Å². The maximum absolute atomic E-state index is 12.4. The largest absolute Gasteiger partial charge is 0.444 e. The second-order valence-corrected chi connectivity index (χ2v) is 10.5. The Bertz CT molecular complexity index is 779. The number of thiophene rings is 1. The quantitative estimate of drug-likeness (QED) is 0.761. The first kappa shape index (κ1) is 22.4. The first-order valence-electron chi connectivity index (χ1n) is 11.2. The molecule has 1 aromatic heterocycles. The van der Waals surface area contributed by atoms with Crippen LogP contribution >= 0.6 is 11.3 Å². The lowest BCUT2D eigenvalue weighted by Crippen LogP contribution is -2.58. The molecular formula is C22H35N5O3S. The van der Waals surface area contributed by atoms with Crippen molar-refractivity contribution in [3.05, 3.63) is 22.4 Å². The van der Waals surface area contributed by atoms with Gasteiger partial charge in [-0.3, -0.25) is 9.89 Å². The van der Waals surface area contributed by atoms with Crippen LogP contribution in [0.15, 0.2) is 22.5 Å². The summed E-state index contributed by atoms with van der Waals surface area (Å²) < 4.78 is 11.3. The maximum atomic E-state index is 12.4. The molecule has 0 saturated carbocycles. The highest BCUT2D eigenvalue weighted by Crippen LogP contribution is 2.27. The Balaban J connectivity index is 1.34. The predicted molar refractivity (Wildman–Crippen MR) is 123 cm³/mol. The van der Waals surface area contributed by atoms with Crippen molar-refractivity contribution in [2.75, 3.05) is 52.4 Å². The predicted octanol–water partition coefficient (Wildman–Crippen LogP) is 2.39. The third-order valence-corrected chi connectivity index (χ3v) is 6.87. The number of nitrogens with one attached hydrogen (secondary N) is 1. The number of guanidine groups is 1. The number of rotatable bonds is 4. The fourth-order valence-electron chi connectivity index (χ4n) is 4.43. The van der Waals surface area contributed by atoms with Crippen LogP contribution in [-0.4, -0.2) is 96.9 Å². The molecular weight excluding hydrogens is 414 g/mol. The zero-order chi connectivity index (χ0) is 22.0. The van der Waals surface area contributed by atoms with Gasteiger partial charge in [0.15, 0.2) is 5.96 Å². The third kappa shape index (κ3) is 5.51. The van der Waals surface area contributed by atoms with Crippen molar-refractivity contribution in [2.24, 2.45) is 4.99 Å². The second kappa shape index (κ2) is 9.34. The molecule has 0 radical (unpaired) electrons. The lowest BCUT2D eigenvalue weighted by Gasteiger charge is -2.40. The van der Waals surface area contributed by atoms with Gasteiger partial charge in [-0.05, 0) is 39.1 Å². The first-order chi connectivity index (χ1) is 14.8. The number of piperazine rings is 1. The van der Waals surface area contributed by atoms with Crippen LogP contribution < -0.4 is 5.32 Å². The molecule has 1 aromatic rings. The molecule has 4 heterocycles. The van der Waals surface area contributed by atoms with Gasteiger partial charge in [-0.15, -0.1) is 11.3 Å². The van der Waals surface area contributed by atoms with Crippen LogP contribution in [0, 0.1) is 0 Å². The summed E-state index contributed by atoms with van der Waals surface area (Å²) in [5, 5.41) is 5.77. The molecule has 0 spiro atoms. The van der Waals surface area contributed by atoms with E-state index in [1.807, 2.05) is 25.7 Å². The molecule has 3 atom stereocenters. The zero-order valence-electron chi connectivity index (χ0n) is 19.0. The van der Waals surface area contributed by atoms with E-state index in [0.29, 0.717) is 25.7 Å². The second-order valence-electron chi connectivity index (χ2n) is 9.53. The molecule has 9 heteroatoms. The molecule has 1 N–H and O–H groups in total. The SMILES string of the molecule is CC1CN(C(CNC2=NCC3CN(C(=O)OC(C)(C)C)CCN23)c2cccs2)CCO1. The van der Waals surface area contributed by atoms with Gasteiger partial charge in [0, 0.05) is 44.1 Å². The molecule has 3 aliphatic rings. The Hall–Kier alpha value is -1.84. The van der Waals surface area contributed by atoms with Gasteiger partial charge in [0.25, 0.3) is 0 Å². The molecule has 172 valence electrons. The van der Waals surface area contributed by atoms with Gasteiger partial charge >= 0.3 is 6.09 Å². The summed E-state index contributed by atoms with van der Waals surface area (Å²) in [7, 11) is 0. The summed E-state index contributed by atoms with van der Waals surface area (Å²) in [6.45, 7) is 14.1. The highest BCUT2D eigenvalue weighted by atomic mass is 32.1. The molecule has 4 rings (SSSR count). The highest BCUT2D eigenvalue weighted by Gasteiger charge is 2.37. The lowest BCUT2D eigenvalue weighted by molar-refractivity contribution is -0.0335. The number of hydrogen-bond donors (Lipinski definition) is 1. The number of fused-ring (bicyclic) bond motifs is 1. The van der Waals surface area contributed by atoms with Crippen LogP contribution in [0.2, 0.25) is 0 Å². The third-order valence-electron chi connectivity index (χ3n) is 5.90. The lowest BCUT2D eigenvalue weighted by atomic mass is 10.1. The van der Waals surface area contributed by atoms with Gasteiger partial charge in [0.1, 0.15) is 5.60 Å². The summed E-state index contributed by atoms with van der Waals surface area (Å²) in [4.78, 5) is 25.2. The summed E-state index contributed by atoms with van der Waals surface area (Å²) in [6.07, 6.45) is 0.0260. The molecule has 0 bridgehead atoms. The van der Waals surface area contributed by atoms with Gasteiger partial charge in [0.05, 0.1) is 31.3 Å². The summed E-state index contributed by atoms with van der Waals surface area (Å²) >= 11 is 1.81. The summed E-state index contributed by atoms with van der Waals surface area (Å²) in [5.74, 6) is 0.955. The Morgan fingerprint density at radius 3 is 2.90 bits per heavy atom. The maximum Gasteiger partial charge on any atom is 0.410 e. The average molecular weight is 450 g/mol. The van der Waals surface area contributed by atoms with Gasteiger partial charge in [-0.25, -0.2) is 4.79 Å². The van der Waals surface area contributed by atoms with E-state index in [-0.39, 0.29) is 18.2 Å².